The van der Waals surface area contributed by atoms with E-state index in [1.165, 1.54) is 25.4 Å². The molecule has 2 saturated carbocycles. The number of fused-ring (bicyclic) bond motifs is 1. The summed E-state index contributed by atoms with van der Waals surface area (Å²) >= 11 is 0. The van der Waals surface area contributed by atoms with Gasteiger partial charge in [0.2, 0.25) is 5.91 Å². The fraction of sp³-hybridized carbons (Fsp3) is 0.481. The number of ether oxygens (including phenoxy) is 1. The predicted molar refractivity (Wildman–Crippen MR) is 134 cm³/mol. The Hall–Kier alpha value is -3.49. The molecule has 2 fully saturated rings. The summed E-state index contributed by atoms with van der Waals surface area (Å²) in [4.78, 5) is 37.0. The molecule has 2 aromatic heterocycles. The van der Waals surface area contributed by atoms with Gasteiger partial charge in [0, 0.05) is 30.3 Å². The minimum Gasteiger partial charge on any atom is -0.493 e. The standard InChI is InChI=1S/C27H32FN5O3/c1-14-10-19(32-16(3)34)7-8-21(14)33-27(35)23-15(2)31-26-24(29-13-30-25(23)26)20-11-18(28)6-9-22(20)36-12-17-4-5-17/h6,9,11,13-14,17,19,21,31H,4-5,7-8,10,12H2,1-3H3,(H,32,34)(H,33,35)/t14-,19-,21+/m1/s1. The molecule has 0 saturated heterocycles. The van der Waals surface area contributed by atoms with Gasteiger partial charge in [0.1, 0.15) is 29.1 Å². The molecule has 2 aliphatic carbocycles. The topological polar surface area (TPSA) is 109 Å². The highest BCUT2D eigenvalue weighted by Gasteiger charge is 2.31. The highest BCUT2D eigenvalue weighted by Crippen LogP contribution is 2.37. The Morgan fingerprint density at radius 3 is 2.69 bits per heavy atom. The van der Waals surface area contributed by atoms with E-state index >= 15 is 0 Å². The third-order valence-corrected chi connectivity index (χ3v) is 7.26. The van der Waals surface area contributed by atoms with Gasteiger partial charge in [-0.3, -0.25) is 9.59 Å². The molecule has 3 atom stereocenters. The van der Waals surface area contributed by atoms with Crippen LogP contribution >= 0.6 is 0 Å². The number of aromatic nitrogens is 3. The van der Waals surface area contributed by atoms with E-state index in [1.807, 2.05) is 6.92 Å². The number of aromatic amines is 1. The number of rotatable bonds is 7. The van der Waals surface area contributed by atoms with Crippen LogP contribution in [0.5, 0.6) is 5.75 Å². The van der Waals surface area contributed by atoms with Crippen LogP contribution in [0.1, 0.15) is 62.0 Å². The van der Waals surface area contributed by atoms with Gasteiger partial charge in [0.05, 0.1) is 17.7 Å². The largest absolute Gasteiger partial charge is 0.493 e. The number of H-pyrrole nitrogens is 1. The van der Waals surface area contributed by atoms with Crippen LogP contribution in [0.25, 0.3) is 22.3 Å². The van der Waals surface area contributed by atoms with E-state index < -0.39 is 0 Å². The molecule has 2 heterocycles. The molecule has 1 aromatic carbocycles. The van der Waals surface area contributed by atoms with E-state index in [-0.39, 0.29) is 35.6 Å². The van der Waals surface area contributed by atoms with E-state index in [4.69, 9.17) is 4.74 Å². The maximum atomic E-state index is 14.3. The summed E-state index contributed by atoms with van der Waals surface area (Å²) in [5.74, 6) is 0.703. The molecule has 0 unspecified atom stereocenters. The van der Waals surface area contributed by atoms with Crippen molar-refractivity contribution < 1.29 is 18.7 Å². The number of hydrogen-bond donors (Lipinski definition) is 3. The molecule has 5 rings (SSSR count). The van der Waals surface area contributed by atoms with Crippen LogP contribution in [0.15, 0.2) is 24.5 Å². The van der Waals surface area contributed by atoms with Gasteiger partial charge in [-0.05, 0) is 69.1 Å². The van der Waals surface area contributed by atoms with Crippen molar-refractivity contribution in [3.63, 3.8) is 0 Å². The molecule has 0 aliphatic heterocycles. The Morgan fingerprint density at radius 2 is 1.97 bits per heavy atom. The van der Waals surface area contributed by atoms with Crippen molar-refractivity contribution in [2.45, 2.75) is 65.0 Å². The zero-order chi connectivity index (χ0) is 25.4. The number of aryl methyl sites for hydroxylation is 1. The first-order valence-corrected chi connectivity index (χ1v) is 12.6. The summed E-state index contributed by atoms with van der Waals surface area (Å²) in [6.07, 6.45) is 6.11. The molecule has 190 valence electrons. The molecule has 3 N–H and O–H groups in total. The van der Waals surface area contributed by atoms with E-state index in [0.29, 0.717) is 51.8 Å². The van der Waals surface area contributed by atoms with E-state index in [9.17, 15) is 14.0 Å². The summed E-state index contributed by atoms with van der Waals surface area (Å²) in [6.45, 7) is 6.04. The molecular formula is C27H32FN5O3. The average Bonchev–Trinajstić information content (AvgIpc) is 3.59. The lowest BCUT2D eigenvalue weighted by atomic mass is 9.82. The molecule has 8 nitrogen and oxygen atoms in total. The number of amides is 2. The number of nitrogens with zero attached hydrogens (tertiary/aromatic N) is 2. The maximum Gasteiger partial charge on any atom is 0.255 e. The monoisotopic (exact) mass is 493 g/mol. The second-order valence-corrected chi connectivity index (χ2v) is 10.2. The molecule has 0 radical (unpaired) electrons. The first-order chi connectivity index (χ1) is 17.3. The Bertz CT molecular complexity index is 1300. The average molecular weight is 494 g/mol. The number of carbonyl (C=O) groups excluding carboxylic acids is 2. The zero-order valence-electron chi connectivity index (χ0n) is 20.9. The molecule has 3 aromatic rings. The first-order valence-electron chi connectivity index (χ1n) is 12.6. The second kappa shape index (κ2) is 9.87. The van der Waals surface area contributed by atoms with Gasteiger partial charge >= 0.3 is 0 Å². The van der Waals surface area contributed by atoms with Gasteiger partial charge in [-0.2, -0.15) is 0 Å². The molecule has 2 aliphatic rings. The number of benzene rings is 1. The quantitative estimate of drug-likeness (QED) is 0.455. The Labute approximate surface area is 209 Å². The minimum absolute atomic E-state index is 0.00110. The Balaban J connectivity index is 1.41. The van der Waals surface area contributed by atoms with Crippen LogP contribution < -0.4 is 15.4 Å². The third kappa shape index (κ3) is 5.05. The van der Waals surface area contributed by atoms with Crippen molar-refractivity contribution in [1.29, 1.82) is 0 Å². The molecule has 0 spiro atoms. The number of carbonyl (C=O) groups is 2. The predicted octanol–water partition coefficient (Wildman–Crippen LogP) is 4.28. The van der Waals surface area contributed by atoms with Gasteiger partial charge in [-0.1, -0.05) is 6.92 Å². The van der Waals surface area contributed by atoms with Crippen molar-refractivity contribution in [1.82, 2.24) is 25.6 Å². The second-order valence-electron chi connectivity index (χ2n) is 10.2. The van der Waals surface area contributed by atoms with Crippen LogP contribution in [-0.4, -0.2) is 45.5 Å². The smallest absolute Gasteiger partial charge is 0.255 e. The number of halogens is 1. The molecule has 2 amide bonds. The fourth-order valence-electron chi connectivity index (χ4n) is 5.18. The van der Waals surface area contributed by atoms with Crippen molar-refractivity contribution in [2.75, 3.05) is 6.61 Å². The van der Waals surface area contributed by atoms with E-state index in [1.54, 1.807) is 6.07 Å². The zero-order valence-corrected chi connectivity index (χ0v) is 20.9. The lowest BCUT2D eigenvalue weighted by Gasteiger charge is -2.34. The highest BCUT2D eigenvalue weighted by molar-refractivity contribution is 6.09. The van der Waals surface area contributed by atoms with Crippen LogP contribution in [-0.2, 0) is 4.79 Å². The van der Waals surface area contributed by atoms with E-state index in [0.717, 1.165) is 32.1 Å². The number of nitrogens with one attached hydrogen (secondary N) is 3. The van der Waals surface area contributed by atoms with Crippen LogP contribution in [0, 0.1) is 24.6 Å². The highest BCUT2D eigenvalue weighted by atomic mass is 19.1. The van der Waals surface area contributed by atoms with Crippen LogP contribution in [0.2, 0.25) is 0 Å². The summed E-state index contributed by atoms with van der Waals surface area (Å²) in [5.41, 5.74) is 3.22. The summed E-state index contributed by atoms with van der Waals surface area (Å²) in [7, 11) is 0. The van der Waals surface area contributed by atoms with Gasteiger partial charge < -0.3 is 20.4 Å². The lowest BCUT2D eigenvalue weighted by Crippen LogP contribution is -2.47. The Kier molecular flexibility index (Phi) is 6.64. The summed E-state index contributed by atoms with van der Waals surface area (Å²) in [5, 5.41) is 6.17. The van der Waals surface area contributed by atoms with Crippen molar-refractivity contribution >= 4 is 22.8 Å². The van der Waals surface area contributed by atoms with Crippen molar-refractivity contribution in [2.24, 2.45) is 11.8 Å². The molecule has 36 heavy (non-hydrogen) atoms. The normalized spacial score (nSPS) is 21.8. The summed E-state index contributed by atoms with van der Waals surface area (Å²) < 4.78 is 20.3. The SMILES string of the molecule is CC(=O)N[C@@H]1CC[C@H](NC(=O)c2c(C)[nH]c3c(-c4cc(F)ccc4OCC4CC4)ncnc23)[C@H](C)C1. The summed E-state index contributed by atoms with van der Waals surface area (Å²) in [6, 6.07) is 4.56. The van der Waals surface area contributed by atoms with Gasteiger partial charge in [-0.25, -0.2) is 14.4 Å². The number of hydrogen-bond acceptors (Lipinski definition) is 5. The maximum absolute atomic E-state index is 14.3. The van der Waals surface area contributed by atoms with Crippen LogP contribution in [0.4, 0.5) is 4.39 Å². The fourth-order valence-corrected chi connectivity index (χ4v) is 5.18. The lowest BCUT2D eigenvalue weighted by molar-refractivity contribution is -0.120. The Morgan fingerprint density at radius 1 is 1.17 bits per heavy atom. The van der Waals surface area contributed by atoms with Crippen molar-refractivity contribution in [3.8, 4) is 17.0 Å². The first kappa shape index (κ1) is 24.2. The molecule has 9 heteroatoms. The molecular weight excluding hydrogens is 461 g/mol. The van der Waals surface area contributed by atoms with Crippen LogP contribution in [0.3, 0.4) is 0 Å². The minimum atomic E-state index is -0.388. The van der Waals surface area contributed by atoms with Gasteiger partial charge in [0.25, 0.3) is 5.91 Å². The molecule has 0 bridgehead atoms. The van der Waals surface area contributed by atoms with Gasteiger partial charge in [0.15, 0.2) is 0 Å². The van der Waals surface area contributed by atoms with Crippen molar-refractivity contribution in [3.05, 3.63) is 41.6 Å². The third-order valence-electron chi connectivity index (χ3n) is 7.26. The van der Waals surface area contributed by atoms with Gasteiger partial charge in [-0.15, -0.1) is 0 Å². The van der Waals surface area contributed by atoms with E-state index in [2.05, 4.69) is 32.5 Å².